The average molecular weight is 438 g/mol. The SMILES string of the molecule is Cc1ccc(C2=NC(=Cc3ccc(OCc4ccc(Cl)cc4Cl)cc3)C(=O)O2)cc1. The number of cyclic esters (lactones) is 1. The van der Waals surface area contributed by atoms with Crippen molar-refractivity contribution in [1.82, 2.24) is 0 Å². The monoisotopic (exact) mass is 437 g/mol. The summed E-state index contributed by atoms with van der Waals surface area (Å²) in [5.74, 6) is 0.523. The summed E-state index contributed by atoms with van der Waals surface area (Å²) in [5, 5.41) is 1.14. The van der Waals surface area contributed by atoms with Crippen LogP contribution >= 0.6 is 23.2 Å². The van der Waals surface area contributed by atoms with Crippen molar-refractivity contribution in [2.45, 2.75) is 13.5 Å². The van der Waals surface area contributed by atoms with Gasteiger partial charge in [-0.15, -0.1) is 0 Å². The van der Waals surface area contributed by atoms with Gasteiger partial charge in [0.1, 0.15) is 12.4 Å². The van der Waals surface area contributed by atoms with Crippen LogP contribution in [-0.4, -0.2) is 11.9 Å². The van der Waals surface area contributed by atoms with E-state index in [-0.39, 0.29) is 5.70 Å². The number of nitrogens with zero attached hydrogens (tertiary/aromatic N) is 1. The molecule has 6 heteroatoms. The Labute approximate surface area is 184 Å². The molecular weight excluding hydrogens is 421 g/mol. The first-order valence-corrected chi connectivity index (χ1v) is 10.00. The number of aliphatic imine (C=N–C) groups is 1. The molecule has 0 unspecified atom stereocenters. The Morgan fingerprint density at radius 2 is 1.73 bits per heavy atom. The fourth-order valence-electron chi connectivity index (χ4n) is 2.85. The summed E-state index contributed by atoms with van der Waals surface area (Å²) in [7, 11) is 0. The fourth-order valence-corrected chi connectivity index (χ4v) is 3.31. The second kappa shape index (κ2) is 8.74. The lowest BCUT2D eigenvalue weighted by atomic mass is 10.1. The molecule has 0 radical (unpaired) electrons. The summed E-state index contributed by atoms with van der Waals surface area (Å²) >= 11 is 12.1. The summed E-state index contributed by atoms with van der Waals surface area (Å²) in [6.07, 6.45) is 1.68. The molecule has 0 N–H and O–H groups in total. The Bertz CT molecular complexity index is 1150. The predicted molar refractivity (Wildman–Crippen MR) is 119 cm³/mol. The maximum atomic E-state index is 12.2. The lowest BCUT2D eigenvalue weighted by Gasteiger charge is -2.08. The number of benzene rings is 3. The van der Waals surface area contributed by atoms with E-state index in [1.54, 1.807) is 18.2 Å². The lowest BCUT2D eigenvalue weighted by Crippen LogP contribution is -2.05. The molecular formula is C24H17Cl2NO3. The average Bonchev–Trinajstić information content (AvgIpc) is 3.09. The zero-order valence-electron chi connectivity index (χ0n) is 16.1. The van der Waals surface area contributed by atoms with E-state index >= 15 is 0 Å². The third-order valence-electron chi connectivity index (χ3n) is 4.51. The number of hydrogen-bond donors (Lipinski definition) is 0. The molecule has 3 aromatic carbocycles. The minimum atomic E-state index is -0.469. The summed E-state index contributed by atoms with van der Waals surface area (Å²) in [4.78, 5) is 16.5. The first-order valence-electron chi connectivity index (χ1n) is 9.24. The van der Waals surface area contributed by atoms with Crippen LogP contribution in [0.2, 0.25) is 10.0 Å². The highest BCUT2D eigenvalue weighted by Gasteiger charge is 2.24. The number of carbonyl (C=O) groups excluding carboxylic acids is 1. The number of esters is 1. The number of halogens is 2. The van der Waals surface area contributed by atoms with Crippen molar-refractivity contribution in [2.24, 2.45) is 4.99 Å². The van der Waals surface area contributed by atoms with E-state index in [0.29, 0.717) is 28.3 Å². The Morgan fingerprint density at radius 1 is 1.00 bits per heavy atom. The maximum Gasteiger partial charge on any atom is 0.363 e. The van der Waals surface area contributed by atoms with Crippen molar-refractivity contribution in [3.8, 4) is 5.75 Å². The van der Waals surface area contributed by atoms with E-state index in [9.17, 15) is 4.79 Å². The highest BCUT2D eigenvalue weighted by Crippen LogP contribution is 2.24. The van der Waals surface area contributed by atoms with Gasteiger partial charge in [0, 0.05) is 21.2 Å². The first-order chi connectivity index (χ1) is 14.5. The molecule has 0 amide bonds. The van der Waals surface area contributed by atoms with Gasteiger partial charge >= 0.3 is 5.97 Å². The van der Waals surface area contributed by atoms with E-state index in [1.165, 1.54) is 0 Å². The quantitative estimate of drug-likeness (QED) is 0.351. The number of carbonyl (C=O) groups is 1. The van der Waals surface area contributed by atoms with Crippen molar-refractivity contribution in [1.29, 1.82) is 0 Å². The molecule has 1 heterocycles. The highest BCUT2D eigenvalue weighted by molar-refractivity contribution is 6.35. The van der Waals surface area contributed by atoms with Crippen molar-refractivity contribution in [3.63, 3.8) is 0 Å². The molecule has 30 heavy (non-hydrogen) atoms. The Kier molecular flexibility index (Phi) is 5.88. The van der Waals surface area contributed by atoms with Crippen LogP contribution in [0.15, 0.2) is 77.4 Å². The molecule has 0 bridgehead atoms. The lowest BCUT2D eigenvalue weighted by molar-refractivity contribution is -0.129. The van der Waals surface area contributed by atoms with Gasteiger partial charge in [0.25, 0.3) is 0 Å². The van der Waals surface area contributed by atoms with Crippen LogP contribution in [0.4, 0.5) is 0 Å². The van der Waals surface area contributed by atoms with E-state index < -0.39 is 5.97 Å². The van der Waals surface area contributed by atoms with Crippen LogP contribution in [0.3, 0.4) is 0 Å². The number of hydrogen-bond acceptors (Lipinski definition) is 4. The zero-order chi connectivity index (χ0) is 21.1. The molecule has 3 aromatic rings. The number of ether oxygens (including phenoxy) is 2. The summed E-state index contributed by atoms with van der Waals surface area (Å²) in [5.41, 5.74) is 3.81. The van der Waals surface area contributed by atoms with Crippen molar-refractivity contribution in [3.05, 3.63) is 105 Å². The Balaban J connectivity index is 1.45. The van der Waals surface area contributed by atoms with Gasteiger partial charge < -0.3 is 9.47 Å². The standard InChI is InChI=1S/C24H17Cl2NO3/c1-15-2-6-17(7-3-15)23-27-22(24(28)30-23)12-16-4-10-20(11-5-16)29-14-18-8-9-19(25)13-21(18)26/h2-13H,14H2,1H3. The van der Waals surface area contributed by atoms with E-state index in [1.807, 2.05) is 61.5 Å². The third-order valence-corrected chi connectivity index (χ3v) is 5.10. The maximum absolute atomic E-state index is 12.2. The Hall–Kier alpha value is -3.08. The molecule has 0 spiro atoms. The van der Waals surface area contributed by atoms with Gasteiger partial charge in [-0.1, -0.05) is 59.1 Å². The number of aryl methyl sites for hydroxylation is 1. The summed E-state index contributed by atoms with van der Waals surface area (Å²) < 4.78 is 11.1. The van der Waals surface area contributed by atoms with Crippen LogP contribution in [0, 0.1) is 6.92 Å². The topological polar surface area (TPSA) is 47.9 Å². The minimum absolute atomic E-state index is 0.257. The fraction of sp³-hybridized carbons (Fsp3) is 0.0833. The van der Waals surface area contributed by atoms with Crippen molar-refractivity contribution < 1.29 is 14.3 Å². The van der Waals surface area contributed by atoms with Crippen LogP contribution in [0.1, 0.15) is 22.3 Å². The van der Waals surface area contributed by atoms with E-state index in [4.69, 9.17) is 32.7 Å². The van der Waals surface area contributed by atoms with Gasteiger partial charge in [0.2, 0.25) is 5.90 Å². The normalized spacial score (nSPS) is 14.6. The van der Waals surface area contributed by atoms with Crippen molar-refractivity contribution >= 4 is 41.1 Å². The van der Waals surface area contributed by atoms with Gasteiger partial charge in [0.15, 0.2) is 5.70 Å². The van der Waals surface area contributed by atoms with E-state index in [2.05, 4.69) is 4.99 Å². The molecule has 4 rings (SSSR count). The second-order valence-corrected chi connectivity index (χ2v) is 7.64. The van der Waals surface area contributed by atoms with Gasteiger partial charge in [-0.25, -0.2) is 9.79 Å². The molecule has 1 aliphatic rings. The Morgan fingerprint density at radius 3 is 2.43 bits per heavy atom. The summed E-state index contributed by atoms with van der Waals surface area (Å²) in [6.45, 7) is 2.32. The smallest absolute Gasteiger partial charge is 0.363 e. The van der Waals surface area contributed by atoms with Crippen LogP contribution in [0.25, 0.3) is 6.08 Å². The summed E-state index contributed by atoms with van der Waals surface area (Å²) in [6, 6.07) is 20.3. The number of rotatable bonds is 5. The molecule has 4 nitrogen and oxygen atoms in total. The molecule has 0 saturated carbocycles. The van der Waals surface area contributed by atoms with Gasteiger partial charge in [0.05, 0.1) is 0 Å². The van der Waals surface area contributed by atoms with Gasteiger partial charge in [-0.3, -0.25) is 0 Å². The predicted octanol–water partition coefficient (Wildman–Crippen LogP) is 6.23. The third kappa shape index (κ3) is 4.73. The van der Waals surface area contributed by atoms with Crippen molar-refractivity contribution in [2.75, 3.05) is 0 Å². The molecule has 0 atom stereocenters. The molecule has 0 aliphatic carbocycles. The first kappa shape index (κ1) is 20.2. The minimum Gasteiger partial charge on any atom is -0.489 e. The van der Waals surface area contributed by atoms with Crippen LogP contribution in [-0.2, 0) is 16.1 Å². The van der Waals surface area contributed by atoms with Gasteiger partial charge in [-0.2, -0.15) is 0 Å². The second-order valence-electron chi connectivity index (χ2n) is 6.80. The van der Waals surface area contributed by atoms with E-state index in [0.717, 1.165) is 22.3 Å². The molecule has 0 fully saturated rings. The van der Waals surface area contributed by atoms with Crippen LogP contribution < -0.4 is 4.74 Å². The highest BCUT2D eigenvalue weighted by atomic mass is 35.5. The van der Waals surface area contributed by atoms with Crippen LogP contribution in [0.5, 0.6) is 5.75 Å². The molecule has 0 aromatic heterocycles. The molecule has 0 saturated heterocycles. The zero-order valence-corrected chi connectivity index (χ0v) is 17.6. The largest absolute Gasteiger partial charge is 0.489 e. The molecule has 1 aliphatic heterocycles. The molecule has 150 valence electrons. The van der Waals surface area contributed by atoms with Gasteiger partial charge in [-0.05, 0) is 55.0 Å².